The first kappa shape index (κ1) is 25.4. The third kappa shape index (κ3) is 7.92. The van der Waals surface area contributed by atoms with Crippen LogP contribution in [0.15, 0.2) is 78.9 Å². The lowest BCUT2D eigenvalue weighted by Gasteiger charge is -2.13. The minimum atomic E-state index is -0.309. The van der Waals surface area contributed by atoms with Gasteiger partial charge in [-0.25, -0.2) is 0 Å². The summed E-state index contributed by atoms with van der Waals surface area (Å²) in [6.45, 7) is 3.14. The van der Waals surface area contributed by atoms with Gasteiger partial charge in [0.15, 0.2) is 11.5 Å². The predicted molar refractivity (Wildman–Crippen MR) is 137 cm³/mol. The van der Waals surface area contributed by atoms with Crippen LogP contribution in [0.25, 0.3) is 6.08 Å². The molecule has 7 heteroatoms. The maximum atomic E-state index is 12.4. The quantitative estimate of drug-likeness (QED) is 0.316. The number of para-hydroxylation sites is 1. The number of nitrogens with zero attached hydrogens (tertiary/aromatic N) is 1. The Bertz CT molecular complexity index is 1160. The molecule has 3 aromatic carbocycles. The Morgan fingerprint density at radius 3 is 2.37 bits per heavy atom. The van der Waals surface area contributed by atoms with Gasteiger partial charge in [-0.2, -0.15) is 0 Å². The zero-order chi connectivity index (χ0) is 25.0. The van der Waals surface area contributed by atoms with Crippen molar-refractivity contribution in [3.05, 3.63) is 90.0 Å². The first-order chi connectivity index (χ1) is 17.0. The molecule has 2 amide bonds. The zero-order valence-electron chi connectivity index (χ0n) is 20.2. The van der Waals surface area contributed by atoms with Crippen molar-refractivity contribution in [2.45, 2.75) is 6.92 Å². The van der Waals surface area contributed by atoms with Crippen LogP contribution in [0, 0.1) is 0 Å². The van der Waals surface area contributed by atoms with Crippen molar-refractivity contribution in [2.75, 3.05) is 39.2 Å². The van der Waals surface area contributed by atoms with E-state index in [1.807, 2.05) is 49.4 Å². The van der Waals surface area contributed by atoms with Gasteiger partial charge in [0.2, 0.25) is 5.91 Å². The van der Waals surface area contributed by atoms with Crippen LogP contribution in [-0.4, -0.2) is 50.6 Å². The SMILES string of the molecule is CCOc1cc(/C=C/C(=O)Nc2cccc(C(=O)N(C)C)c2)ccc1OCCOc1ccccc1. The van der Waals surface area contributed by atoms with Gasteiger partial charge in [0.1, 0.15) is 19.0 Å². The minimum Gasteiger partial charge on any atom is -0.490 e. The average Bonchev–Trinajstić information content (AvgIpc) is 2.86. The second-order valence-corrected chi connectivity index (χ2v) is 7.75. The average molecular weight is 475 g/mol. The summed E-state index contributed by atoms with van der Waals surface area (Å²) in [6.07, 6.45) is 3.12. The van der Waals surface area contributed by atoms with Gasteiger partial charge >= 0.3 is 0 Å². The second-order valence-electron chi connectivity index (χ2n) is 7.75. The van der Waals surface area contributed by atoms with Crippen molar-refractivity contribution in [3.63, 3.8) is 0 Å². The standard InChI is InChI=1S/C28H30N2O5/c1-4-33-26-19-21(13-15-25(26)35-18-17-34-24-11-6-5-7-12-24)14-16-27(31)29-23-10-8-9-22(20-23)28(32)30(2)3/h5-16,19-20H,4,17-18H2,1-3H3,(H,29,31)/b16-14+. The van der Waals surface area contributed by atoms with Crippen molar-refractivity contribution >= 4 is 23.6 Å². The fourth-order valence-electron chi connectivity index (χ4n) is 3.19. The van der Waals surface area contributed by atoms with Crippen molar-refractivity contribution < 1.29 is 23.8 Å². The molecule has 0 aromatic heterocycles. The summed E-state index contributed by atoms with van der Waals surface area (Å²) in [5.74, 6) is 1.54. The molecule has 1 N–H and O–H groups in total. The Balaban J connectivity index is 1.58. The Labute approximate surface area is 205 Å². The Hall–Kier alpha value is -4.26. The van der Waals surface area contributed by atoms with Crippen LogP contribution < -0.4 is 19.5 Å². The van der Waals surface area contributed by atoms with E-state index in [-0.39, 0.29) is 11.8 Å². The summed E-state index contributed by atoms with van der Waals surface area (Å²) in [5.41, 5.74) is 1.83. The number of hydrogen-bond donors (Lipinski definition) is 1. The molecule has 0 unspecified atom stereocenters. The van der Waals surface area contributed by atoms with Crippen LogP contribution in [0.2, 0.25) is 0 Å². The number of hydrogen-bond acceptors (Lipinski definition) is 5. The lowest BCUT2D eigenvalue weighted by Crippen LogP contribution is -2.21. The Morgan fingerprint density at radius 1 is 0.857 bits per heavy atom. The van der Waals surface area contributed by atoms with E-state index in [2.05, 4.69) is 5.32 Å². The fraction of sp³-hybridized carbons (Fsp3) is 0.214. The molecule has 0 fully saturated rings. The highest BCUT2D eigenvalue weighted by atomic mass is 16.5. The monoisotopic (exact) mass is 474 g/mol. The van der Waals surface area contributed by atoms with Crippen molar-refractivity contribution in [1.29, 1.82) is 0 Å². The van der Waals surface area contributed by atoms with E-state index in [4.69, 9.17) is 14.2 Å². The summed E-state index contributed by atoms with van der Waals surface area (Å²) in [4.78, 5) is 26.0. The van der Waals surface area contributed by atoms with Gasteiger partial charge in [-0.1, -0.05) is 30.3 Å². The van der Waals surface area contributed by atoms with Crippen molar-refractivity contribution in [3.8, 4) is 17.2 Å². The summed E-state index contributed by atoms with van der Waals surface area (Å²) in [5, 5.41) is 2.78. The molecule has 0 heterocycles. The maximum absolute atomic E-state index is 12.4. The fourth-order valence-corrected chi connectivity index (χ4v) is 3.19. The highest BCUT2D eigenvalue weighted by Gasteiger charge is 2.09. The summed E-state index contributed by atoms with van der Waals surface area (Å²) in [6, 6.07) is 21.8. The molecule has 3 aromatic rings. The minimum absolute atomic E-state index is 0.131. The van der Waals surface area contributed by atoms with Crippen molar-refractivity contribution in [2.24, 2.45) is 0 Å². The summed E-state index contributed by atoms with van der Waals surface area (Å²) < 4.78 is 17.2. The van der Waals surface area contributed by atoms with Crippen LogP contribution >= 0.6 is 0 Å². The molecule has 0 saturated carbocycles. The van der Waals surface area contributed by atoms with Gasteiger partial charge in [0.05, 0.1) is 6.61 Å². The van der Waals surface area contributed by atoms with E-state index in [9.17, 15) is 9.59 Å². The van der Waals surface area contributed by atoms with Gasteiger partial charge in [-0.3, -0.25) is 9.59 Å². The lowest BCUT2D eigenvalue weighted by molar-refractivity contribution is -0.111. The topological polar surface area (TPSA) is 77.1 Å². The molecule has 3 rings (SSSR count). The van der Waals surface area contributed by atoms with Crippen LogP contribution in [0.5, 0.6) is 17.2 Å². The molecule has 0 spiro atoms. The van der Waals surface area contributed by atoms with Crippen LogP contribution in [0.1, 0.15) is 22.8 Å². The molecule has 0 radical (unpaired) electrons. The molecule has 0 aliphatic rings. The first-order valence-electron chi connectivity index (χ1n) is 11.3. The largest absolute Gasteiger partial charge is 0.490 e. The van der Waals surface area contributed by atoms with E-state index in [0.717, 1.165) is 11.3 Å². The van der Waals surface area contributed by atoms with E-state index >= 15 is 0 Å². The molecule has 35 heavy (non-hydrogen) atoms. The lowest BCUT2D eigenvalue weighted by atomic mass is 10.1. The van der Waals surface area contributed by atoms with Crippen LogP contribution in [0.4, 0.5) is 5.69 Å². The van der Waals surface area contributed by atoms with E-state index in [1.54, 1.807) is 50.5 Å². The number of nitrogens with one attached hydrogen (secondary N) is 1. The zero-order valence-corrected chi connectivity index (χ0v) is 20.2. The molecular formula is C28H30N2O5. The van der Waals surface area contributed by atoms with E-state index in [0.29, 0.717) is 42.6 Å². The third-order valence-corrected chi connectivity index (χ3v) is 4.83. The van der Waals surface area contributed by atoms with Crippen molar-refractivity contribution in [1.82, 2.24) is 4.90 Å². The molecule has 0 bridgehead atoms. The number of ether oxygens (including phenoxy) is 3. The van der Waals surface area contributed by atoms with E-state index in [1.165, 1.54) is 11.0 Å². The number of benzene rings is 3. The number of rotatable bonds is 11. The van der Waals surface area contributed by atoms with Gasteiger partial charge in [0.25, 0.3) is 5.91 Å². The number of carbonyl (C=O) groups excluding carboxylic acids is 2. The highest BCUT2D eigenvalue weighted by Crippen LogP contribution is 2.29. The van der Waals surface area contributed by atoms with Gasteiger partial charge < -0.3 is 24.4 Å². The normalized spacial score (nSPS) is 10.6. The van der Waals surface area contributed by atoms with Gasteiger partial charge in [-0.15, -0.1) is 0 Å². The van der Waals surface area contributed by atoms with Gasteiger partial charge in [-0.05, 0) is 61.0 Å². The summed E-state index contributed by atoms with van der Waals surface area (Å²) >= 11 is 0. The first-order valence-corrected chi connectivity index (χ1v) is 11.3. The molecule has 0 aliphatic carbocycles. The van der Waals surface area contributed by atoms with Crippen LogP contribution in [-0.2, 0) is 4.79 Å². The number of amides is 2. The summed E-state index contributed by atoms with van der Waals surface area (Å²) in [7, 11) is 3.36. The molecular weight excluding hydrogens is 444 g/mol. The van der Waals surface area contributed by atoms with Gasteiger partial charge in [0, 0.05) is 31.4 Å². The second kappa shape index (κ2) is 12.8. The van der Waals surface area contributed by atoms with E-state index < -0.39 is 0 Å². The molecule has 182 valence electrons. The molecule has 7 nitrogen and oxygen atoms in total. The predicted octanol–water partition coefficient (Wildman–Crippen LogP) is 4.90. The molecule has 0 saturated heterocycles. The van der Waals surface area contributed by atoms with Crippen LogP contribution in [0.3, 0.4) is 0 Å². The Kier molecular flexibility index (Phi) is 9.31. The third-order valence-electron chi connectivity index (χ3n) is 4.83. The molecule has 0 aliphatic heterocycles. The Morgan fingerprint density at radius 2 is 1.63 bits per heavy atom. The smallest absolute Gasteiger partial charge is 0.253 e. The number of anilines is 1. The highest BCUT2D eigenvalue weighted by molar-refractivity contribution is 6.03. The number of carbonyl (C=O) groups is 2. The maximum Gasteiger partial charge on any atom is 0.253 e. The molecule has 0 atom stereocenters.